The summed E-state index contributed by atoms with van der Waals surface area (Å²) in [4.78, 5) is 35.8. The van der Waals surface area contributed by atoms with Crippen LogP contribution in [0.4, 0.5) is 0 Å². The minimum Gasteiger partial charge on any atom is -0.507 e. The highest BCUT2D eigenvalue weighted by atomic mass is 16.8. The molecular weight excluding hydrogens is 676 g/mol. The molecule has 50 heavy (non-hydrogen) atoms. The van der Waals surface area contributed by atoms with E-state index in [2.05, 4.69) is 0 Å². The van der Waals surface area contributed by atoms with Crippen LogP contribution in [0, 0.1) is 0 Å². The van der Waals surface area contributed by atoms with Crippen LogP contribution in [0.15, 0.2) is 39.5 Å². The normalized spacial score (nSPS) is 29.7. The molecule has 19 heteroatoms. The number of aliphatic hydroxyl groups excluding tert-OH is 5. The molecule has 0 amide bonds. The van der Waals surface area contributed by atoms with Gasteiger partial charge in [-0.05, 0) is 18.2 Å². The highest BCUT2D eigenvalue weighted by Gasteiger charge is 2.52. The minimum atomic E-state index is -2.00. The number of hydrogen-bond acceptors (Lipinski definition) is 19. The number of benzene rings is 2. The first-order valence-corrected chi connectivity index (χ1v) is 14.9. The molecule has 3 aromatic rings. The zero-order chi connectivity index (χ0) is 36.6. The van der Waals surface area contributed by atoms with Crippen LogP contribution in [0.5, 0.6) is 28.7 Å². The van der Waals surface area contributed by atoms with Crippen molar-refractivity contribution in [3.8, 4) is 40.1 Å². The second kappa shape index (κ2) is 14.6. The van der Waals surface area contributed by atoms with Gasteiger partial charge in [0.2, 0.25) is 12.0 Å². The molecule has 0 aliphatic carbocycles. The standard InChI is InChI=1S/C31H34O19/c1-10(32)44-8-19-22(38)25(41)27(43)30(48-19)50-29-26(42)23(39)20(9-45-11(2)33)49-31(29)47-18-7-16(37)21-15(36)6-17(46-28(21)24(18)40)12-3-4-13(34)14(35)5-12/h3-7,19-20,22-23,25-27,29-31,34-35,37-43H,8-9H2,1-2H3/t19-,20-,22-,23-,25-,26+,27-,29-,30+,31-/m1/s1. The van der Waals surface area contributed by atoms with Gasteiger partial charge in [-0.15, -0.1) is 0 Å². The molecule has 0 spiro atoms. The lowest BCUT2D eigenvalue weighted by Crippen LogP contribution is -2.65. The predicted octanol–water partition coefficient (Wildman–Crippen LogP) is -1.57. The number of ether oxygens (including phenoxy) is 6. The van der Waals surface area contributed by atoms with Crippen LogP contribution in [0.3, 0.4) is 0 Å². The average Bonchev–Trinajstić information content (AvgIpc) is 3.06. The SMILES string of the molecule is CC(=O)OC[C@H]1O[C@@H](O[C@H]2[C@H](Oc3cc(O)c4c(=O)cc(-c5ccc(O)c(O)c5)oc4c3O)O[C@H](COC(C)=O)[C@@H](O)[C@@H]2O)[C@H](O)[C@H](O)[C@@H]1O. The third-order valence-corrected chi connectivity index (χ3v) is 7.93. The van der Waals surface area contributed by atoms with E-state index < -0.39 is 132 Å². The largest absolute Gasteiger partial charge is 0.507 e. The number of carbonyl (C=O) groups excluding carboxylic acids is 2. The summed E-state index contributed by atoms with van der Waals surface area (Å²) in [5, 5.41) is 94.4. The Morgan fingerprint density at radius 1 is 0.720 bits per heavy atom. The molecule has 2 fully saturated rings. The van der Waals surface area contributed by atoms with Gasteiger partial charge in [0.15, 0.2) is 40.7 Å². The summed E-state index contributed by atoms with van der Waals surface area (Å²) in [5.74, 6) is -5.07. The molecule has 2 aromatic carbocycles. The molecule has 10 atom stereocenters. The van der Waals surface area contributed by atoms with Crippen LogP contribution >= 0.6 is 0 Å². The quantitative estimate of drug-likeness (QED) is 0.0688. The van der Waals surface area contributed by atoms with Gasteiger partial charge in [-0.3, -0.25) is 14.4 Å². The molecule has 1 aromatic heterocycles. The molecule has 2 aliphatic heterocycles. The van der Waals surface area contributed by atoms with Gasteiger partial charge in [-0.2, -0.15) is 0 Å². The Kier molecular flexibility index (Phi) is 10.7. The molecule has 5 rings (SSSR count). The third kappa shape index (κ3) is 7.39. The van der Waals surface area contributed by atoms with Crippen LogP contribution in [-0.2, 0) is 33.3 Å². The molecule has 0 saturated carbocycles. The van der Waals surface area contributed by atoms with Gasteiger partial charge in [0.05, 0.1) is 0 Å². The second-order valence-electron chi connectivity index (χ2n) is 11.5. The van der Waals surface area contributed by atoms with Crippen LogP contribution in [-0.4, -0.2) is 133 Å². The van der Waals surface area contributed by atoms with Gasteiger partial charge >= 0.3 is 11.9 Å². The number of fused-ring (bicyclic) bond motifs is 1. The molecule has 3 heterocycles. The van der Waals surface area contributed by atoms with Gasteiger partial charge in [-0.1, -0.05) is 0 Å². The number of rotatable bonds is 9. The monoisotopic (exact) mass is 710 g/mol. The Balaban J connectivity index is 1.51. The number of esters is 2. The number of aliphatic hydroxyl groups is 5. The molecule has 19 nitrogen and oxygen atoms in total. The predicted molar refractivity (Wildman–Crippen MR) is 161 cm³/mol. The summed E-state index contributed by atoms with van der Waals surface area (Å²) < 4.78 is 38.1. The zero-order valence-electron chi connectivity index (χ0n) is 26.2. The summed E-state index contributed by atoms with van der Waals surface area (Å²) in [6.45, 7) is 0.934. The van der Waals surface area contributed by atoms with Crippen LogP contribution in [0.2, 0.25) is 0 Å². The molecule has 2 aliphatic rings. The van der Waals surface area contributed by atoms with Crippen LogP contribution in [0.25, 0.3) is 22.3 Å². The third-order valence-electron chi connectivity index (χ3n) is 7.93. The van der Waals surface area contributed by atoms with Crippen LogP contribution < -0.4 is 10.2 Å². The van der Waals surface area contributed by atoms with E-state index in [0.717, 1.165) is 38.1 Å². The number of hydrogen-bond donors (Lipinski definition) is 9. The molecular formula is C31H34O19. The molecule has 0 unspecified atom stereocenters. The first kappa shape index (κ1) is 36.5. The first-order chi connectivity index (χ1) is 23.6. The number of phenolic OH excluding ortho intramolecular Hbond substituents is 4. The van der Waals surface area contributed by atoms with Gasteiger partial charge < -0.3 is 78.8 Å². The van der Waals surface area contributed by atoms with Gasteiger partial charge in [0.1, 0.15) is 72.8 Å². The summed E-state index contributed by atoms with van der Waals surface area (Å²) >= 11 is 0. The maximum atomic E-state index is 13.0. The van der Waals surface area contributed by atoms with E-state index in [0.29, 0.717) is 0 Å². The Morgan fingerprint density at radius 3 is 1.92 bits per heavy atom. The fourth-order valence-electron chi connectivity index (χ4n) is 5.32. The van der Waals surface area contributed by atoms with Gasteiger partial charge in [-0.25, -0.2) is 0 Å². The van der Waals surface area contributed by atoms with Crippen molar-refractivity contribution in [2.24, 2.45) is 0 Å². The van der Waals surface area contributed by atoms with Gasteiger partial charge in [0.25, 0.3) is 0 Å². The van der Waals surface area contributed by atoms with E-state index in [9.17, 15) is 60.3 Å². The lowest BCUT2D eigenvalue weighted by Gasteiger charge is -2.46. The van der Waals surface area contributed by atoms with E-state index in [4.69, 9.17) is 32.8 Å². The van der Waals surface area contributed by atoms with E-state index in [1.165, 1.54) is 6.07 Å². The zero-order valence-corrected chi connectivity index (χ0v) is 26.2. The first-order valence-electron chi connectivity index (χ1n) is 14.9. The lowest BCUT2D eigenvalue weighted by atomic mass is 9.97. The number of phenols is 4. The van der Waals surface area contributed by atoms with Crippen molar-refractivity contribution in [2.45, 2.75) is 75.3 Å². The van der Waals surface area contributed by atoms with E-state index >= 15 is 0 Å². The van der Waals surface area contributed by atoms with Crippen LogP contribution in [0.1, 0.15) is 13.8 Å². The summed E-state index contributed by atoms with van der Waals surface area (Å²) in [5.41, 5.74) is -1.36. The molecule has 272 valence electrons. The maximum Gasteiger partial charge on any atom is 0.302 e. The fourth-order valence-corrected chi connectivity index (χ4v) is 5.32. The number of aromatic hydroxyl groups is 4. The topological polar surface area (TPSA) is 302 Å². The van der Waals surface area contributed by atoms with E-state index in [1.807, 2.05) is 0 Å². The lowest BCUT2D eigenvalue weighted by molar-refractivity contribution is -0.358. The Hall–Kier alpha value is -4.73. The Bertz CT molecular complexity index is 1790. The van der Waals surface area contributed by atoms with Crippen molar-refractivity contribution in [1.29, 1.82) is 0 Å². The van der Waals surface area contributed by atoms with Crippen molar-refractivity contribution >= 4 is 22.9 Å². The highest BCUT2D eigenvalue weighted by molar-refractivity contribution is 5.91. The van der Waals surface area contributed by atoms with Crippen molar-refractivity contribution in [2.75, 3.05) is 13.2 Å². The van der Waals surface area contributed by atoms with E-state index in [-0.39, 0.29) is 11.3 Å². The second-order valence-corrected chi connectivity index (χ2v) is 11.5. The van der Waals surface area contributed by atoms with Crippen molar-refractivity contribution in [3.05, 3.63) is 40.6 Å². The highest BCUT2D eigenvalue weighted by Crippen LogP contribution is 2.42. The average molecular weight is 711 g/mol. The van der Waals surface area contributed by atoms with Crippen molar-refractivity contribution in [1.82, 2.24) is 0 Å². The maximum absolute atomic E-state index is 13.0. The fraction of sp³-hybridized carbons (Fsp3) is 0.452. The molecule has 0 radical (unpaired) electrons. The summed E-state index contributed by atoms with van der Waals surface area (Å²) in [6, 6.07) is 5.22. The van der Waals surface area contributed by atoms with Crippen molar-refractivity contribution in [3.63, 3.8) is 0 Å². The summed E-state index contributed by atoms with van der Waals surface area (Å²) in [7, 11) is 0. The Labute approximate surface area is 280 Å². The molecule has 2 saturated heterocycles. The van der Waals surface area contributed by atoms with Crippen molar-refractivity contribution < 1.29 is 88.4 Å². The molecule has 9 N–H and O–H groups in total. The summed E-state index contributed by atoms with van der Waals surface area (Å²) in [6.07, 6.45) is -18.2. The number of carbonyl (C=O) groups is 2. The smallest absolute Gasteiger partial charge is 0.302 e. The Morgan fingerprint density at radius 2 is 1.32 bits per heavy atom. The van der Waals surface area contributed by atoms with Gasteiger partial charge in [0, 0.05) is 31.5 Å². The van der Waals surface area contributed by atoms with E-state index in [1.54, 1.807) is 0 Å². The minimum absolute atomic E-state index is 0.0874. The molecule has 0 bridgehead atoms.